The smallest absolute Gasteiger partial charge is 0.119 e. The van der Waals surface area contributed by atoms with Crippen molar-refractivity contribution >= 4 is 11.3 Å². The number of aromatic nitrogens is 10. The fourth-order valence-electron chi connectivity index (χ4n) is 2.12. The van der Waals surface area contributed by atoms with Crippen LogP contribution in [0.5, 0.6) is 0 Å². The van der Waals surface area contributed by atoms with Crippen LogP contribution in [0.15, 0.2) is 212 Å². The highest BCUT2D eigenvalue weighted by Crippen LogP contribution is 1.91. The largest absolute Gasteiger partial charge is 0.473 e. The Labute approximate surface area is 272 Å². The molecule has 7 aromatic heterocycles. The molecular weight excluding hydrogens is 597 g/mol. The van der Waals surface area contributed by atoms with E-state index in [0.717, 1.165) is 0 Å². The Balaban J connectivity index is 0.000000263. The van der Waals surface area contributed by atoms with Gasteiger partial charge in [-0.1, -0.05) is 54.6 Å². The maximum Gasteiger partial charge on any atom is 0.119 e. The van der Waals surface area contributed by atoms with E-state index in [0.29, 0.717) is 0 Å². The van der Waals surface area contributed by atoms with Gasteiger partial charge in [-0.15, -0.1) is 0 Å². The monoisotopic (exact) mass is 630 g/mol. The number of thiophene rings is 1. The van der Waals surface area contributed by atoms with E-state index in [4.69, 9.17) is 0 Å². The van der Waals surface area contributed by atoms with Gasteiger partial charge in [0.15, 0.2) is 0 Å². The molecule has 0 unspecified atom stereocenters. The SMILES string of the molecule is c1ccccc1.c1ccncc1.c1ccnnc1.c1ccoc1.c1ccsc1.c1cnccn1.c1cncnc1.c1ncncn1. The summed E-state index contributed by atoms with van der Waals surface area (Å²) in [5, 5.41) is 11.2. The summed E-state index contributed by atoms with van der Waals surface area (Å²) in [6.45, 7) is 0. The third kappa shape index (κ3) is 32.1. The summed E-state index contributed by atoms with van der Waals surface area (Å²) in [7, 11) is 0. The van der Waals surface area contributed by atoms with Gasteiger partial charge in [-0.2, -0.15) is 21.5 Å². The fourth-order valence-corrected chi connectivity index (χ4v) is 2.57. The molecule has 0 aliphatic carbocycles. The summed E-state index contributed by atoms with van der Waals surface area (Å²) < 4.78 is 4.58. The molecule has 0 saturated heterocycles. The van der Waals surface area contributed by atoms with Crippen LogP contribution in [0.25, 0.3) is 0 Å². The molecule has 8 rings (SSSR count). The molecule has 0 fully saturated rings. The van der Waals surface area contributed by atoms with Gasteiger partial charge in [-0.05, 0) is 53.2 Å². The van der Waals surface area contributed by atoms with Crippen LogP contribution >= 0.6 is 11.3 Å². The molecule has 46 heavy (non-hydrogen) atoms. The van der Waals surface area contributed by atoms with Crippen LogP contribution < -0.4 is 0 Å². The van der Waals surface area contributed by atoms with Gasteiger partial charge in [0.05, 0.1) is 12.5 Å². The van der Waals surface area contributed by atoms with Crippen molar-refractivity contribution in [3.05, 3.63) is 208 Å². The zero-order chi connectivity index (χ0) is 32.5. The first kappa shape index (κ1) is 37.6. The summed E-state index contributed by atoms with van der Waals surface area (Å²) in [5.41, 5.74) is 0. The van der Waals surface area contributed by atoms with Gasteiger partial charge >= 0.3 is 0 Å². The number of pyridine rings is 1. The molecule has 0 amide bonds. The van der Waals surface area contributed by atoms with Gasteiger partial charge in [0.1, 0.15) is 25.3 Å². The first-order valence-electron chi connectivity index (χ1n) is 13.5. The van der Waals surface area contributed by atoms with Crippen LogP contribution in [-0.2, 0) is 0 Å². The summed E-state index contributed by atoms with van der Waals surface area (Å²) in [5.74, 6) is 0. The molecule has 232 valence electrons. The van der Waals surface area contributed by atoms with Crippen molar-refractivity contribution in [3.63, 3.8) is 0 Å². The number of hydrogen-bond donors (Lipinski definition) is 0. The van der Waals surface area contributed by atoms with E-state index in [1.54, 1.807) is 91.9 Å². The minimum atomic E-state index is 1.44. The first-order chi connectivity index (χ1) is 23.0. The Morgan fingerprint density at radius 2 is 0.652 bits per heavy atom. The van der Waals surface area contributed by atoms with Crippen molar-refractivity contribution in [2.75, 3.05) is 0 Å². The molecule has 8 aromatic rings. The predicted molar refractivity (Wildman–Crippen MR) is 180 cm³/mol. The van der Waals surface area contributed by atoms with E-state index in [9.17, 15) is 0 Å². The molecule has 12 heteroatoms. The van der Waals surface area contributed by atoms with Gasteiger partial charge in [-0.3, -0.25) is 15.0 Å². The van der Waals surface area contributed by atoms with Crippen molar-refractivity contribution in [2.45, 2.75) is 0 Å². The lowest BCUT2D eigenvalue weighted by molar-refractivity contribution is 0.567. The lowest BCUT2D eigenvalue weighted by atomic mass is 10.4. The Morgan fingerprint density at radius 3 is 0.826 bits per heavy atom. The van der Waals surface area contributed by atoms with Crippen molar-refractivity contribution in [1.29, 1.82) is 0 Å². The van der Waals surface area contributed by atoms with Crippen LogP contribution in [0.3, 0.4) is 0 Å². The Hall–Kier alpha value is -6.40. The summed E-state index contributed by atoms with van der Waals surface area (Å²) >= 11 is 1.71. The third-order valence-electron chi connectivity index (χ3n) is 3.92. The normalized spacial score (nSPS) is 8.00. The van der Waals surface area contributed by atoms with E-state index in [2.05, 4.69) is 54.5 Å². The van der Waals surface area contributed by atoms with E-state index in [-0.39, 0.29) is 0 Å². The number of nitrogens with zero attached hydrogens (tertiary/aromatic N) is 10. The van der Waals surface area contributed by atoms with E-state index in [1.165, 1.54) is 25.3 Å². The molecule has 0 aliphatic rings. The molecule has 0 saturated carbocycles. The summed E-state index contributed by atoms with van der Waals surface area (Å²) in [6, 6.07) is 30.8. The van der Waals surface area contributed by atoms with E-state index in [1.807, 2.05) is 102 Å². The van der Waals surface area contributed by atoms with E-state index < -0.39 is 0 Å². The zero-order valence-electron chi connectivity index (χ0n) is 24.9. The van der Waals surface area contributed by atoms with Crippen molar-refractivity contribution in [2.24, 2.45) is 0 Å². The second-order valence-electron chi connectivity index (χ2n) is 7.27. The standard InChI is InChI=1S/C6H6.C5H5N.3C4H4N2.C4H4O.C4H4S.C3H3N3/c2*1-2-4-6-5-3-1;1-2-6-4-3-5-1;1-2-5-4-6-3-1;1-2-4-6-5-3-1;2*1-2-4-5-3-1;1-4-2-6-3-5-1/h1-6H;1-5H;3*1-4H;2*1-4H;1-3H. The maximum absolute atomic E-state index is 4.58. The lowest BCUT2D eigenvalue weighted by Gasteiger charge is -1.70. The number of rotatable bonds is 0. The third-order valence-corrected chi connectivity index (χ3v) is 4.55. The first-order valence-corrected chi connectivity index (χ1v) is 14.4. The number of hydrogen-bond acceptors (Lipinski definition) is 12. The topological polar surface area (TPSA) is 142 Å². The van der Waals surface area contributed by atoms with Crippen LogP contribution in [0.1, 0.15) is 0 Å². The van der Waals surface area contributed by atoms with E-state index >= 15 is 0 Å². The Bertz CT molecular complexity index is 1050. The molecule has 7 heterocycles. The lowest BCUT2D eigenvalue weighted by Crippen LogP contribution is -1.73. The molecule has 0 aliphatic heterocycles. The second-order valence-corrected chi connectivity index (χ2v) is 8.09. The average Bonchev–Trinajstić information content (AvgIpc) is 3.99. The summed E-state index contributed by atoms with van der Waals surface area (Å²) in [6.07, 6.45) is 25.8. The number of furan rings is 1. The van der Waals surface area contributed by atoms with Gasteiger partial charge in [0.2, 0.25) is 0 Å². The Morgan fingerprint density at radius 1 is 0.283 bits per heavy atom. The maximum atomic E-state index is 4.58. The van der Waals surface area contributed by atoms with Crippen LogP contribution in [-0.4, -0.2) is 50.1 Å². The van der Waals surface area contributed by atoms with Crippen LogP contribution in [0, 0.1) is 0 Å². The quantitative estimate of drug-likeness (QED) is 0.169. The minimum Gasteiger partial charge on any atom is -0.473 e. The van der Waals surface area contributed by atoms with Crippen molar-refractivity contribution < 1.29 is 4.42 Å². The van der Waals surface area contributed by atoms with Crippen LogP contribution in [0.4, 0.5) is 0 Å². The van der Waals surface area contributed by atoms with Gasteiger partial charge < -0.3 is 4.42 Å². The molecular formula is C34H34N10OS. The molecule has 11 nitrogen and oxygen atoms in total. The van der Waals surface area contributed by atoms with Crippen molar-refractivity contribution in [1.82, 2.24) is 50.1 Å². The molecule has 0 radical (unpaired) electrons. The number of benzene rings is 1. The molecule has 0 atom stereocenters. The molecule has 1 aromatic carbocycles. The highest BCUT2D eigenvalue weighted by Gasteiger charge is 1.63. The molecule has 0 N–H and O–H groups in total. The highest BCUT2D eigenvalue weighted by molar-refractivity contribution is 7.07. The van der Waals surface area contributed by atoms with Crippen LogP contribution in [0.2, 0.25) is 0 Å². The average molecular weight is 631 g/mol. The molecule has 0 spiro atoms. The minimum absolute atomic E-state index is 1.44. The fraction of sp³-hybridized carbons (Fsp3) is 0. The zero-order valence-corrected chi connectivity index (χ0v) is 25.7. The molecule has 0 bridgehead atoms. The van der Waals surface area contributed by atoms with Gasteiger partial charge in [0.25, 0.3) is 0 Å². The predicted octanol–water partition coefficient (Wildman–Crippen LogP) is 7.10. The second kappa shape index (κ2) is 34.8. The Kier molecular flexibility index (Phi) is 28.5. The van der Waals surface area contributed by atoms with Crippen molar-refractivity contribution in [3.8, 4) is 0 Å². The summed E-state index contributed by atoms with van der Waals surface area (Å²) in [4.78, 5) is 29.3. The van der Waals surface area contributed by atoms with Gasteiger partial charge in [-0.25, -0.2) is 24.9 Å². The highest BCUT2D eigenvalue weighted by atomic mass is 32.1. The van der Waals surface area contributed by atoms with Gasteiger partial charge in [0, 0.05) is 62.0 Å².